The van der Waals surface area contributed by atoms with Crippen molar-refractivity contribution in [2.24, 2.45) is 16.7 Å². The molecule has 10 heteroatoms. The number of cyclic esters (lactones) is 1. The standard InChI is InChI=1S/C29H38O10/c1-16(30)28-8-5-4-6-21(31)38-19-13-20-29(35)14-18-24(39-20)27(26(19,29)3,10-9-25(18,2)34)15-36-22(32)12-17(23(28)33)7-11-37-28/h4,6,12,18-20,23-24,33-35H,5,7-11,13-15H2,1-3H3/b6-4+,17-12-/t18-,19+,20+,23+,24+,25+,26+,27+,28+,29-/m0/s1. The summed E-state index contributed by atoms with van der Waals surface area (Å²) in [5.74, 6) is -2.02. The number of fused-ring (bicyclic) bond motifs is 2. The Balaban J connectivity index is 1.42. The van der Waals surface area contributed by atoms with Crippen LogP contribution in [0.2, 0.25) is 0 Å². The molecule has 3 aliphatic carbocycles. The van der Waals surface area contributed by atoms with E-state index in [0.717, 1.165) is 0 Å². The van der Waals surface area contributed by atoms with Crippen molar-refractivity contribution in [2.45, 2.75) is 107 Å². The molecule has 4 heterocycles. The van der Waals surface area contributed by atoms with E-state index in [1.165, 1.54) is 19.1 Å². The highest BCUT2D eigenvalue weighted by Crippen LogP contribution is 2.74. The summed E-state index contributed by atoms with van der Waals surface area (Å²) < 4.78 is 24.1. The van der Waals surface area contributed by atoms with Gasteiger partial charge in [0.25, 0.3) is 0 Å². The van der Waals surface area contributed by atoms with Gasteiger partial charge in [-0.1, -0.05) is 13.0 Å². The van der Waals surface area contributed by atoms with E-state index in [9.17, 15) is 29.7 Å². The first-order valence-electron chi connectivity index (χ1n) is 14.0. The molecule has 0 aromatic carbocycles. The van der Waals surface area contributed by atoms with Crippen molar-refractivity contribution in [3.8, 4) is 0 Å². The number of esters is 2. The van der Waals surface area contributed by atoms with Crippen LogP contribution in [-0.4, -0.2) is 87.5 Å². The van der Waals surface area contributed by atoms with Crippen LogP contribution < -0.4 is 0 Å². The van der Waals surface area contributed by atoms with Gasteiger partial charge in [-0.3, -0.25) is 4.79 Å². The second kappa shape index (κ2) is 8.69. The Morgan fingerprint density at radius 3 is 2.59 bits per heavy atom. The lowest BCUT2D eigenvalue weighted by molar-refractivity contribution is -0.377. The third-order valence-corrected chi connectivity index (χ3v) is 11.3. The maximum Gasteiger partial charge on any atom is 0.330 e. The van der Waals surface area contributed by atoms with Crippen LogP contribution in [-0.2, 0) is 33.3 Å². The molecule has 6 fully saturated rings. The summed E-state index contributed by atoms with van der Waals surface area (Å²) in [5.41, 5.74) is -5.55. The molecule has 4 aliphatic heterocycles. The maximum absolute atomic E-state index is 13.2. The topological polar surface area (TPSA) is 149 Å². The summed E-state index contributed by atoms with van der Waals surface area (Å²) in [6, 6.07) is 0. The molecule has 3 saturated heterocycles. The van der Waals surface area contributed by atoms with Crippen molar-refractivity contribution in [3.05, 3.63) is 23.8 Å². The fraction of sp³-hybridized carbons (Fsp3) is 0.759. The van der Waals surface area contributed by atoms with Crippen molar-refractivity contribution in [1.82, 2.24) is 0 Å². The number of aliphatic hydroxyl groups is 3. The van der Waals surface area contributed by atoms with Gasteiger partial charge in [-0.2, -0.15) is 0 Å². The monoisotopic (exact) mass is 546 g/mol. The Kier molecular flexibility index (Phi) is 6.04. The highest BCUT2D eigenvalue weighted by Gasteiger charge is 2.83. The van der Waals surface area contributed by atoms with Crippen LogP contribution in [0.1, 0.15) is 65.7 Å². The van der Waals surface area contributed by atoms with E-state index >= 15 is 0 Å². The van der Waals surface area contributed by atoms with Crippen LogP contribution in [0.25, 0.3) is 0 Å². The molecule has 0 radical (unpaired) electrons. The van der Waals surface area contributed by atoms with Gasteiger partial charge >= 0.3 is 11.9 Å². The van der Waals surface area contributed by atoms with E-state index < -0.39 is 64.0 Å². The molecule has 0 unspecified atom stereocenters. The molecule has 10 nitrogen and oxygen atoms in total. The number of hydrogen-bond acceptors (Lipinski definition) is 10. The Hall–Kier alpha value is -2.11. The van der Waals surface area contributed by atoms with E-state index in [4.69, 9.17) is 18.9 Å². The third-order valence-electron chi connectivity index (χ3n) is 11.3. The molecule has 3 N–H and O–H groups in total. The SMILES string of the molecule is CC(=O)[C@@]12CC/C=C/C(=O)O[C@@H]3C[C@H]4O[C@@H]5[C@@H]6C[C@@]4(O)[C@@]3(C)[C@]5(CC[C@@]6(C)O)COC(=O)/C=C(/CCO1)[C@H]2O. The van der Waals surface area contributed by atoms with Gasteiger partial charge < -0.3 is 34.3 Å². The smallest absolute Gasteiger partial charge is 0.330 e. The van der Waals surface area contributed by atoms with E-state index in [0.29, 0.717) is 31.3 Å². The minimum atomic E-state index is -1.53. The normalized spacial score (nSPS) is 53.3. The summed E-state index contributed by atoms with van der Waals surface area (Å²) >= 11 is 0. The van der Waals surface area contributed by atoms with Crippen LogP contribution in [0.15, 0.2) is 23.8 Å². The van der Waals surface area contributed by atoms with Crippen molar-refractivity contribution in [3.63, 3.8) is 0 Å². The first kappa shape index (κ1) is 27.1. The number of Topliss-reactive ketones (excluding diaryl/α,β-unsaturated/α-hetero) is 1. The van der Waals surface area contributed by atoms with Gasteiger partial charge in [0.05, 0.1) is 24.4 Å². The zero-order valence-corrected chi connectivity index (χ0v) is 22.7. The second-order valence-corrected chi connectivity index (χ2v) is 12.9. The third kappa shape index (κ3) is 3.48. The maximum atomic E-state index is 13.2. The summed E-state index contributed by atoms with van der Waals surface area (Å²) in [7, 11) is 0. The number of rotatable bonds is 1. The lowest BCUT2D eigenvalue weighted by Gasteiger charge is -2.71. The number of ether oxygens (including phenoxy) is 4. The Morgan fingerprint density at radius 1 is 1.08 bits per heavy atom. The molecular weight excluding hydrogens is 508 g/mol. The predicted octanol–water partition coefficient (Wildman–Crippen LogP) is 1.29. The van der Waals surface area contributed by atoms with Gasteiger partial charge in [0, 0.05) is 35.3 Å². The van der Waals surface area contributed by atoms with Crippen LogP contribution >= 0.6 is 0 Å². The number of aliphatic hydroxyl groups excluding tert-OH is 1. The van der Waals surface area contributed by atoms with Crippen LogP contribution in [0.5, 0.6) is 0 Å². The number of ketones is 1. The van der Waals surface area contributed by atoms with E-state index in [2.05, 4.69) is 0 Å². The molecule has 7 aliphatic rings. The minimum absolute atomic E-state index is 0.114. The highest BCUT2D eigenvalue weighted by atomic mass is 16.6. The minimum Gasteiger partial charge on any atom is -0.462 e. The zero-order valence-electron chi connectivity index (χ0n) is 22.7. The van der Waals surface area contributed by atoms with Crippen molar-refractivity contribution in [2.75, 3.05) is 13.2 Å². The fourth-order valence-electron chi connectivity index (χ4n) is 8.85. The van der Waals surface area contributed by atoms with Gasteiger partial charge in [0.15, 0.2) is 11.4 Å². The molecule has 1 spiro atoms. The summed E-state index contributed by atoms with van der Waals surface area (Å²) in [5, 5.41) is 34.6. The number of carbonyl (C=O) groups excluding carboxylic acids is 3. The summed E-state index contributed by atoms with van der Waals surface area (Å²) in [6.45, 7) is 5.02. The zero-order chi connectivity index (χ0) is 28.0. The van der Waals surface area contributed by atoms with E-state index in [1.54, 1.807) is 13.0 Å². The van der Waals surface area contributed by atoms with Crippen molar-refractivity contribution >= 4 is 17.7 Å². The molecule has 0 amide bonds. The Bertz CT molecular complexity index is 1160. The quantitative estimate of drug-likeness (QED) is 0.411. The molecule has 39 heavy (non-hydrogen) atoms. The summed E-state index contributed by atoms with van der Waals surface area (Å²) in [4.78, 5) is 38.9. The van der Waals surface area contributed by atoms with E-state index in [1.807, 2.05) is 6.92 Å². The number of allylic oxidation sites excluding steroid dienone is 1. The molecule has 10 atom stereocenters. The molecule has 0 aromatic rings. The summed E-state index contributed by atoms with van der Waals surface area (Å²) in [6.07, 6.45) is 3.04. The molecule has 0 aromatic heterocycles. The van der Waals surface area contributed by atoms with Gasteiger partial charge in [-0.15, -0.1) is 0 Å². The predicted molar refractivity (Wildman–Crippen MR) is 134 cm³/mol. The lowest BCUT2D eigenvalue weighted by Crippen LogP contribution is -2.80. The van der Waals surface area contributed by atoms with Crippen LogP contribution in [0.3, 0.4) is 0 Å². The molecule has 8 bridgehead atoms. The first-order chi connectivity index (χ1) is 18.3. The number of hydrogen-bond donors (Lipinski definition) is 3. The highest BCUT2D eigenvalue weighted by molar-refractivity contribution is 5.88. The number of carbonyl (C=O) groups is 3. The lowest BCUT2D eigenvalue weighted by atomic mass is 9.40. The Labute approximate surface area is 227 Å². The van der Waals surface area contributed by atoms with E-state index in [-0.39, 0.29) is 44.2 Å². The van der Waals surface area contributed by atoms with Gasteiger partial charge in [0.2, 0.25) is 0 Å². The van der Waals surface area contributed by atoms with Crippen LogP contribution in [0.4, 0.5) is 0 Å². The average Bonchev–Trinajstić information content (AvgIpc) is 3.02. The van der Waals surface area contributed by atoms with Crippen molar-refractivity contribution in [1.29, 1.82) is 0 Å². The van der Waals surface area contributed by atoms with Gasteiger partial charge in [0.1, 0.15) is 24.4 Å². The molecule has 7 rings (SSSR count). The van der Waals surface area contributed by atoms with Crippen molar-refractivity contribution < 1.29 is 48.7 Å². The first-order valence-corrected chi connectivity index (χ1v) is 14.0. The van der Waals surface area contributed by atoms with Gasteiger partial charge in [-0.25, -0.2) is 9.59 Å². The fourth-order valence-corrected chi connectivity index (χ4v) is 8.85. The Morgan fingerprint density at radius 2 is 1.85 bits per heavy atom. The second-order valence-electron chi connectivity index (χ2n) is 12.9. The average molecular weight is 547 g/mol. The molecular formula is C29H38O10. The van der Waals surface area contributed by atoms with Gasteiger partial charge in [-0.05, 0) is 57.9 Å². The largest absolute Gasteiger partial charge is 0.462 e. The molecule has 3 saturated carbocycles. The van der Waals surface area contributed by atoms with Crippen LogP contribution in [0, 0.1) is 16.7 Å². The molecule has 214 valence electrons.